The predicted molar refractivity (Wildman–Crippen MR) is 79.9 cm³/mol. The van der Waals surface area contributed by atoms with E-state index >= 15 is 0 Å². The monoisotopic (exact) mass is 290 g/mol. The summed E-state index contributed by atoms with van der Waals surface area (Å²) in [7, 11) is 0. The third-order valence-electron chi connectivity index (χ3n) is 3.03. The first-order chi connectivity index (χ1) is 9.54. The van der Waals surface area contributed by atoms with Gasteiger partial charge in [0.15, 0.2) is 0 Å². The van der Waals surface area contributed by atoms with Crippen molar-refractivity contribution in [1.82, 2.24) is 0 Å². The lowest BCUT2D eigenvalue weighted by molar-refractivity contribution is -0.384. The van der Waals surface area contributed by atoms with Crippen molar-refractivity contribution in [3.63, 3.8) is 0 Å². The van der Waals surface area contributed by atoms with Crippen LogP contribution in [0.15, 0.2) is 48.5 Å². The summed E-state index contributed by atoms with van der Waals surface area (Å²) < 4.78 is 0. The highest BCUT2D eigenvalue weighted by atomic mass is 35.5. The molecule has 0 aliphatic carbocycles. The molecule has 0 saturated heterocycles. The minimum atomic E-state index is -0.407. The van der Waals surface area contributed by atoms with Gasteiger partial charge in [-0.1, -0.05) is 35.9 Å². The molecule has 0 radical (unpaired) electrons. The molecule has 104 valence electrons. The molecule has 4 nitrogen and oxygen atoms in total. The Morgan fingerprint density at radius 2 is 1.75 bits per heavy atom. The molecule has 1 atom stereocenters. The second kappa shape index (κ2) is 6.50. The Hall–Kier alpha value is -1.91. The third kappa shape index (κ3) is 4.05. The molecule has 2 N–H and O–H groups in total. The maximum Gasteiger partial charge on any atom is 0.269 e. The Morgan fingerprint density at radius 3 is 2.35 bits per heavy atom. The van der Waals surface area contributed by atoms with Crippen molar-refractivity contribution < 1.29 is 4.92 Å². The van der Waals surface area contributed by atoms with E-state index in [9.17, 15) is 10.1 Å². The Labute approximate surface area is 122 Å². The predicted octanol–water partition coefficient (Wildman–Crippen LogP) is 3.36. The van der Waals surface area contributed by atoms with Gasteiger partial charge in [0, 0.05) is 23.2 Å². The maximum absolute atomic E-state index is 10.6. The van der Waals surface area contributed by atoms with Gasteiger partial charge in [0.2, 0.25) is 0 Å². The van der Waals surface area contributed by atoms with E-state index in [1.165, 1.54) is 12.1 Å². The number of benzene rings is 2. The molecule has 0 bridgehead atoms. The molecule has 5 heteroatoms. The third-order valence-corrected chi connectivity index (χ3v) is 3.27. The van der Waals surface area contributed by atoms with E-state index in [1.54, 1.807) is 12.1 Å². The maximum atomic E-state index is 10.6. The summed E-state index contributed by atoms with van der Waals surface area (Å²) in [5.41, 5.74) is 8.28. The molecular weight excluding hydrogens is 276 g/mol. The van der Waals surface area contributed by atoms with Crippen LogP contribution in [0.4, 0.5) is 5.69 Å². The zero-order chi connectivity index (χ0) is 14.5. The molecule has 1 unspecified atom stereocenters. The topological polar surface area (TPSA) is 69.2 Å². The van der Waals surface area contributed by atoms with Crippen LogP contribution in [0.3, 0.4) is 0 Å². The van der Waals surface area contributed by atoms with E-state index in [2.05, 4.69) is 0 Å². The van der Waals surface area contributed by atoms with Crippen LogP contribution < -0.4 is 5.73 Å². The van der Waals surface area contributed by atoms with Crippen LogP contribution in [0.2, 0.25) is 5.02 Å². The standard InChI is InChI=1S/C15H15ClN2O2/c16-13-3-1-2-12(8-13)10-14(17)9-11-4-6-15(7-5-11)18(19)20/h1-8,14H,9-10,17H2. The summed E-state index contributed by atoms with van der Waals surface area (Å²) in [6, 6.07) is 14.1. The molecule has 0 aromatic heterocycles. The largest absolute Gasteiger partial charge is 0.327 e. The van der Waals surface area contributed by atoms with Crippen molar-refractivity contribution in [2.75, 3.05) is 0 Å². The minimum absolute atomic E-state index is 0.0464. The lowest BCUT2D eigenvalue weighted by Crippen LogP contribution is -2.25. The molecule has 0 saturated carbocycles. The molecule has 2 rings (SSSR count). The van der Waals surface area contributed by atoms with Gasteiger partial charge in [-0.2, -0.15) is 0 Å². The van der Waals surface area contributed by atoms with Gasteiger partial charge in [-0.25, -0.2) is 0 Å². The number of nitro benzene ring substituents is 1. The Balaban J connectivity index is 1.97. The molecule has 0 spiro atoms. The number of nitrogens with two attached hydrogens (primary N) is 1. The number of rotatable bonds is 5. The Kier molecular flexibility index (Phi) is 4.71. The average Bonchev–Trinajstić information content (AvgIpc) is 2.39. The van der Waals surface area contributed by atoms with E-state index in [0.29, 0.717) is 11.4 Å². The molecule has 0 fully saturated rings. The first kappa shape index (κ1) is 14.5. The van der Waals surface area contributed by atoms with Crippen LogP contribution in [-0.2, 0) is 12.8 Å². The number of nitrogens with zero attached hydrogens (tertiary/aromatic N) is 1. The summed E-state index contributed by atoms with van der Waals surface area (Å²) in [6.45, 7) is 0. The van der Waals surface area contributed by atoms with E-state index in [-0.39, 0.29) is 11.7 Å². The van der Waals surface area contributed by atoms with Gasteiger partial charge in [0.25, 0.3) is 5.69 Å². The minimum Gasteiger partial charge on any atom is -0.327 e. The fourth-order valence-electron chi connectivity index (χ4n) is 2.10. The molecule has 0 heterocycles. The quantitative estimate of drug-likeness (QED) is 0.678. The van der Waals surface area contributed by atoms with Crippen molar-refractivity contribution in [2.24, 2.45) is 5.73 Å². The van der Waals surface area contributed by atoms with Crippen LogP contribution in [-0.4, -0.2) is 11.0 Å². The summed E-state index contributed by atoms with van der Waals surface area (Å²) in [5.74, 6) is 0. The highest BCUT2D eigenvalue weighted by molar-refractivity contribution is 6.30. The molecule has 2 aromatic carbocycles. The normalized spacial score (nSPS) is 12.1. The number of nitro groups is 1. The Bertz CT molecular complexity index is 599. The van der Waals surface area contributed by atoms with Gasteiger partial charge in [-0.3, -0.25) is 10.1 Å². The lowest BCUT2D eigenvalue weighted by Gasteiger charge is -2.12. The van der Waals surface area contributed by atoms with Crippen LogP contribution in [0.5, 0.6) is 0 Å². The van der Waals surface area contributed by atoms with Gasteiger partial charge in [0.05, 0.1) is 4.92 Å². The second-order valence-electron chi connectivity index (χ2n) is 4.72. The van der Waals surface area contributed by atoms with Crippen molar-refractivity contribution in [1.29, 1.82) is 0 Å². The first-order valence-electron chi connectivity index (χ1n) is 6.28. The number of hydrogen-bond donors (Lipinski definition) is 1. The van der Waals surface area contributed by atoms with Crippen molar-refractivity contribution in [3.05, 3.63) is 74.8 Å². The van der Waals surface area contributed by atoms with Gasteiger partial charge in [0.1, 0.15) is 0 Å². The lowest BCUT2D eigenvalue weighted by atomic mass is 10.00. The van der Waals surface area contributed by atoms with E-state index in [4.69, 9.17) is 17.3 Å². The van der Waals surface area contributed by atoms with Gasteiger partial charge in [-0.15, -0.1) is 0 Å². The smallest absolute Gasteiger partial charge is 0.269 e. The van der Waals surface area contributed by atoms with Crippen molar-refractivity contribution in [3.8, 4) is 0 Å². The number of non-ortho nitro benzene ring substituents is 1. The van der Waals surface area contributed by atoms with Crippen LogP contribution in [0.25, 0.3) is 0 Å². The van der Waals surface area contributed by atoms with E-state index < -0.39 is 4.92 Å². The summed E-state index contributed by atoms with van der Waals surface area (Å²) in [4.78, 5) is 10.2. The van der Waals surface area contributed by atoms with Crippen LogP contribution in [0.1, 0.15) is 11.1 Å². The SMILES string of the molecule is NC(Cc1ccc([N+](=O)[O-])cc1)Cc1cccc(Cl)c1. The van der Waals surface area contributed by atoms with Gasteiger partial charge in [-0.05, 0) is 36.1 Å². The summed E-state index contributed by atoms with van der Waals surface area (Å²) in [6.07, 6.45) is 1.39. The highest BCUT2D eigenvalue weighted by Crippen LogP contribution is 2.15. The molecular formula is C15H15ClN2O2. The molecule has 0 amide bonds. The fourth-order valence-corrected chi connectivity index (χ4v) is 2.31. The number of hydrogen-bond acceptors (Lipinski definition) is 3. The van der Waals surface area contributed by atoms with E-state index in [1.807, 2.05) is 24.3 Å². The highest BCUT2D eigenvalue weighted by Gasteiger charge is 2.08. The van der Waals surface area contributed by atoms with Crippen molar-refractivity contribution >= 4 is 17.3 Å². The first-order valence-corrected chi connectivity index (χ1v) is 6.66. The fraction of sp³-hybridized carbons (Fsp3) is 0.200. The van der Waals surface area contributed by atoms with Gasteiger partial charge >= 0.3 is 0 Å². The summed E-state index contributed by atoms with van der Waals surface area (Å²) in [5, 5.41) is 11.3. The molecule has 2 aromatic rings. The summed E-state index contributed by atoms with van der Waals surface area (Å²) >= 11 is 5.93. The van der Waals surface area contributed by atoms with Crippen LogP contribution in [0, 0.1) is 10.1 Å². The average molecular weight is 291 g/mol. The second-order valence-corrected chi connectivity index (χ2v) is 5.16. The zero-order valence-corrected chi connectivity index (χ0v) is 11.6. The molecule has 0 aliphatic rings. The van der Waals surface area contributed by atoms with Crippen LogP contribution >= 0.6 is 11.6 Å². The molecule has 20 heavy (non-hydrogen) atoms. The zero-order valence-electron chi connectivity index (χ0n) is 10.8. The number of halogens is 1. The van der Waals surface area contributed by atoms with Crippen molar-refractivity contribution in [2.45, 2.75) is 18.9 Å². The Morgan fingerprint density at radius 1 is 1.10 bits per heavy atom. The van der Waals surface area contributed by atoms with E-state index in [0.717, 1.165) is 17.5 Å². The molecule has 0 aliphatic heterocycles. The van der Waals surface area contributed by atoms with Gasteiger partial charge < -0.3 is 5.73 Å².